The average Bonchev–Trinajstić information content (AvgIpc) is 3.38. The molecule has 8 heteroatoms. The van der Waals surface area contributed by atoms with Crippen molar-refractivity contribution in [2.45, 2.75) is 0 Å². The minimum absolute atomic E-state index is 0.0604. The molecule has 0 unspecified atom stereocenters. The molecule has 37 heavy (non-hydrogen) atoms. The molecule has 0 saturated heterocycles. The smallest absolute Gasteiger partial charge is 0.253 e. The van der Waals surface area contributed by atoms with E-state index in [0.29, 0.717) is 28.3 Å². The topological polar surface area (TPSA) is 108 Å². The first-order valence-corrected chi connectivity index (χ1v) is 12.1. The van der Waals surface area contributed by atoms with Crippen LogP contribution in [0.25, 0.3) is 26.1 Å². The minimum atomic E-state index is -0.700. The average molecular weight is 511 g/mol. The zero-order chi connectivity index (χ0) is 26.3. The number of nitrogens with two attached hydrogens (primary N) is 1. The third-order valence-corrected chi connectivity index (χ3v) is 7.32. The Hall–Kier alpha value is -4.69. The number of ketones is 1. The van der Waals surface area contributed by atoms with E-state index < -0.39 is 10.9 Å². The molecule has 0 aliphatic heterocycles. The van der Waals surface area contributed by atoms with Crippen LogP contribution in [0.3, 0.4) is 0 Å². The van der Waals surface area contributed by atoms with Crippen molar-refractivity contribution < 1.29 is 14.3 Å². The van der Waals surface area contributed by atoms with Gasteiger partial charge in [0, 0.05) is 43.6 Å². The molecule has 0 aliphatic carbocycles. The summed E-state index contributed by atoms with van der Waals surface area (Å²) in [6.07, 6.45) is 0. The summed E-state index contributed by atoms with van der Waals surface area (Å²) in [5, 5.41) is 3.94. The lowest BCUT2D eigenvalue weighted by atomic mass is 9.95. The number of Topliss-reactive ketones (excluding diaryl/α,β-unsaturated/α-hetero) is 1. The van der Waals surface area contributed by atoms with Crippen molar-refractivity contribution in [3.63, 3.8) is 0 Å². The highest BCUT2D eigenvalue weighted by atomic mass is 32.1. The maximum Gasteiger partial charge on any atom is 0.253 e. The highest BCUT2D eigenvalue weighted by Crippen LogP contribution is 2.43. The predicted molar refractivity (Wildman–Crippen MR) is 149 cm³/mol. The van der Waals surface area contributed by atoms with Crippen LogP contribution in [0.15, 0.2) is 82.9 Å². The maximum atomic E-state index is 13.4. The number of hydrogen-bond acceptors (Lipinski definition) is 8. The fraction of sp³-hybridized carbons (Fsp3) is 0.0690. The van der Waals surface area contributed by atoms with E-state index in [-0.39, 0.29) is 22.7 Å². The van der Waals surface area contributed by atoms with E-state index in [2.05, 4.69) is 30.1 Å². The van der Waals surface area contributed by atoms with Crippen LogP contribution in [0.1, 0.15) is 15.9 Å². The Balaban J connectivity index is 1.47. The summed E-state index contributed by atoms with van der Waals surface area (Å²) in [7, 11) is 3.13. The molecule has 0 radical (unpaired) electrons. The van der Waals surface area contributed by atoms with E-state index in [1.165, 1.54) is 7.11 Å². The number of benzene rings is 3. The van der Waals surface area contributed by atoms with Gasteiger partial charge in [0.1, 0.15) is 22.9 Å². The summed E-state index contributed by atoms with van der Waals surface area (Å²) in [5.41, 5.74) is 6.74. The summed E-state index contributed by atoms with van der Waals surface area (Å²) >= 11 is 1.63. The van der Waals surface area contributed by atoms with Gasteiger partial charge in [0.05, 0.1) is 14.2 Å². The Bertz CT molecular complexity index is 1730. The number of nitrogen functional groups attached to an aromatic ring is 1. The van der Waals surface area contributed by atoms with Crippen molar-refractivity contribution in [3.05, 3.63) is 105 Å². The van der Waals surface area contributed by atoms with Crippen molar-refractivity contribution in [3.8, 4) is 21.9 Å². The molecule has 0 fully saturated rings. The third-order valence-electron chi connectivity index (χ3n) is 6.18. The molecule has 1 heterocycles. The van der Waals surface area contributed by atoms with Gasteiger partial charge in [-0.05, 0) is 47.9 Å². The summed E-state index contributed by atoms with van der Waals surface area (Å²) < 4.78 is 12.4. The fourth-order valence-electron chi connectivity index (χ4n) is 4.12. The second-order valence-corrected chi connectivity index (χ2v) is 9.44. The lowest BCUT2D eigenvalue weighted by Crippen LogP contribution is -2.36. The zero-order valence-electron chi connectivity index (χ0n) is 20.1. The Morgan fingerprint density at radius 2 is 1.62 bits per heavy atom. The van der Waals surface area contributed by atoms with E-state index >= 15 is 0 Å². The third kappa shape index (κ3) is 4.17. The largest absolute Gasteiger partial charge is 0.496 e. The number of methoxy groups -OCH3 is 2. The molecule has 4 aromatic carbocycles. The highest BCUT2D eigenvalue weighted by molar-refractivity contribution is 7.22. The van der Waals surface area contributed by atoms with E-state index in [0.717, 1.165) is 20.5 Å². The summed E-state index contributed by atoms with van der Waals surface area (Å²) in [6, 6.07) is 20.3. The zero-order valence-corrected chi connectivity index (χ0v) is 20.9. The Morgan fingerprint density at radius 1 is 0.919 bits per heavy atom. The number of fused-ring (bicyclic) bond motifs is 1. The molecule has 5 aromatic rings. The number of thiophene rings is 1. The number of carbonyl (C=O) groups is 1. The van der Waals surface area contributed by atoms with Gasteiger partial charge in [-0.1, -0.05) is 24.8 Å². The number of carbonyl (C=O) groups excluding carboxylic acids is 1. The van der Waals surface area contributed by atoms with Crippen LogP contribution in [0, 0.1) is 0 Å². The number of nitrogens with one attached hydrogen (secondary N) is 1. The van der Waals surface area contributed by atoms with E-state index in [9.17, 15) is 14.4 Å². The standard InChI is InChI=1S/C29H22N2O5S/c1-15(27(32)16-8-10-18(11-9-16)31-26-25(30)28(33)29(26)34)19-13-20(22(36-3)14-21(19)35-2)24-12-17-6-4-5-7-23(17)37-24/h4-14,31H,1,30H2,2-3H3. The Kier molecular flexibility index (Phi) is 6.11. The van der Waals surface area contributed by atoms with Crippen LogP contribution >= 0.6 is 11.3 Å². The first-order valence-electron chi connectivity index (χ1n) is 11.3. The molecule has 0 spiro atoms. The Labute approximate surface area is 216 Å². The molecule has 0 atom stereocenters. The lowest BCUT2D eigenvalue weighted by Gasteiger charge is -2.16. The van der Waals surface area contributed by atoms with Gasteiger partial charge >= 0.3 is 0 Å². The molecular formula is C29H22N2O5S. The van der Waals surface area contributed by atoms with Gasteiger partial charge < -0.3 is 20.5 Å². The molecular weight excluding hydrogens is 488 g/mol. The van der Waals surface area contributed by atoms with Crippen molar-refractivity contribution >= 4 is 49.8 Å². The van der Waals surface area contributed by atoms with Crippen LogP contribution in [0.2, 0.25) is 0 Å². The quantitative estimate of drug-likeness (QED) is 0.163. The summed E-state index contributed by atoms with van der Waals surface area (Å²) in [4.78, 5) is 37.3. The van der Waals surface area contributed by atoms with Crippen LogP contribution in [-0.2, 0) is 0 Å². The van der Waals surface area contributed by atoms with Crippen LogP contribution in [0.4, 0.5) is 17.1 Å². The van der Waals surface area contributed by atoms with Crippen LogP contribution in [-0.4, -0.2) is 20.0 Å². The molecule has 184 valence electrons. The molecule has 3 N–H and O–H groups in total. The first-order chi connectivity index (χ1) is 17.8. The molecule has 0 saturated carbocycles. The molecule has 0 bridgehead atoms. The fourth-order valence-corrected chi connectivity index (χ4v) is 5.20. The maximum absolute atomic E-state index is 13.4. The van der Waals surface area contributed by atoms with Crippen molar-refractivity contribution in [2.24, 2.45) is 0 Å². The van der Waals surface area contributed by atoms with Crippen molar-refractivity contribution in [1.29, 1.82) is 0 Å². The molecule has 0 amide bonds. The van der Waals surface area contributed by atoms with E-state index in [1.807, 2.05) is 18.2 Å². The van der Waals surface area contributed by atoms with E-state index in [1.54, 1.807) is 48.8 Å². The SMILES string of the molecule is C=C(C(=O)c1ccc(Nc2c(N)c(=O)c2=O)cc1)c1cc(-c2cc3ccccc3s2)c(OC)cc1OC. The van der Waals surface area contributed by atoms with Crippen LogP contribution < -0.4 is 31.4 Å². The van der Waals surface area contributed by atoms with Gasteiger partial charge in [-0.3, -0.25) is 14.4 Å². The van der Waals surface area contributed by atoms with Gasteiger partial charge in [0.25, 0.3) is 10.9 Å². The van der Waals surface area contributed by atoms with Crippen molar-refractivity contribution in [2.75, 3.05) is 25.3 Å². The normalized spacial score (nSPS) is 11.0. The molecule has 0 aliphatic rings. The summed E-state index contributed by atoms with van der Waals surface area (Å²) in [6.45, 7) is 4.08. The monoisotopic (exact) mass is 510 g/mol. The van der Waals surface area contributed by atoms with Gasteiger partial charge in [0.2, 0.25) is 0 Å². The van der Waals surface area contributed by atoms with Gasteiger partial charge in [-0.25, -0.2) is 0 Å². The second kappa shape index (κ2) is 9.40. The number of ether oxygens (including phenoxy) is 2. The molecule has 5 rings (SSSR count). The highest BCUT2D eigenvalue weighted by Gasteiger charge is 2.22. The number of rotatable bonds is 8. The van der Waals surface area contributed by atoms with Gasteiger partial charge in [0.15, 0.2) is 5.78 Å². The van der Waals surface area contributed by atoms with Gasteiger partial charge in [-0.15, -0.1) is 11.3 Å². The minimum Gasteiger partial charge on any atom is -0.496 e. The number of hydrogen-bond donors (Lipinski definition) is 2. The number of allylic oxidation sites excluding steroid dienone is 1. The van der Waals surface area contributed by atoms with Crippen molar-refractivity contribution in [1.82, 2.24) is 0 Å². The van der Waals surface area contributed by atoms with Gasteiger partial charge in [-0.2, -0.15) is 0 Å². The lowest BCUT2D eigenvalue weighted by molar-refractivity contribution is 0.105. The molecule has 7 nitrogen and oxygen atoms in total. The van der Waals surface area contributed by atoms with Crippen LogP contribution in [0.5, 0.6) is 11.5 Å². The first kappa shape index (κ1) is 24.0. The molecule has 1 aromatic heterocycles. The second-order valence-electron chi connectivity index (χ2n) is 8.36. The van der Waals surface area contributed by atoms with E-state index in [4.69, 9.17) is 15.2 Å². The summed E-state index contributed by atoms with van der Waals surface area (Å²) in [5.74, 6) is 0.806. The predicted octanol–water partition coefficient (Wildman–Crippen LogP) is 5.40. The number of anilines is 3. The Morgan fingerprint density at radius 3 is 2.27 bits per heavy atom.